The number of rotatable bonds is 5. The molecule has 0 saturated heterocycles. The number of pyridine rings is 1. The third kappa shape index (κ3) is 4.72. The Morgan fingerprint density at radius 1 is 1.14 bits per heavy atom. The summed E-state index contributed by atoms with van der Waals surface area (Å²) < 4.78 is 0. The second kappa shape index (κ2) is 7.19. The quantitative estimate of drug-likeness (QED) is 0.881. The molecule has 0 spiro atoms. The predicted molar refractivity (Wildman–Crippen MR) is 81.0 cm³/mol. The SMILES string of the molecule is CC(=O)Nc1cccc(C(=O)NCCc2ccccn2)c1. The summed E-state index contributed by atoms with van der Waals surface area (Å²) in [6.45, 7) is 1.94. The van der Waals surface area contributed by atoms with Gasteiger partial charge < -0.3 is 10.6 Å². The van der Waals surface area contributed by atoms with E-state index in [1.165, 1.54) is 6.92 Å². The fourth-order valence-corrected chi connectivity index (χ4v) is 1.89. The van der Waals surface area contributed by atoms with Crippen LogP contribution < -0.4 is 10.6 Å². The van der Waals surface area contributed by atoms with Gasteiger partial charge in [0.2, 0.25) is 5.91 Å². The summed E-state index contributed by atoms with van der Waals surface area (Å²) in [5, 5.41) is 5.49. The number of nitrogens with one attached hydrogen (secondary N) is 2. The third-order valence-electron chi connectivity index (χ3n) is 2.84. The Bertz CT molecular complexity index is 626. The molecule has 2 rings (SSSR count). The molecule has 0 fully saturated rings. The van der Waals surface area contributed by atoms with Gasteiger partial charge in [0.1, 0.15) is 0 Å². The van der Waals surface area contributed by atoms with E-state index in [0.29, 0.717) is 24.2 Å². The summed E-state index contributed by atoms with van der Waals surface area (Å²) in [7, 11) is 0. The molecule has 1 aromatic carbocycles. The number of hydrogen-bond donors (Lipinski definition) is 2. The van der Waals surface area contributed by atoms with Crippen molar-refractivity contribution in [1.82, 2.24) is 10.3 Å². The van der Waals surface area contributed by atoms with Gasteiger partial charge >= 0.3 is 0 Å². The maximum atomic E-state index is 12.0. The van der Waals surface area contributed by atoms with Gasteiger partial charge in [-0.2, -0.15) is 0 Å². The van der Waals surface area contributed by atoms with Crippen molar-refractivity contribution in [2.75, 3.05) is 11.9 Å². The van der Waals surface area contributed by atoms with Gasteiger partial charge in [-0.15, -0.1) is 0 Å². The van der Waals surface area contributed by atoms with E-state index in [1.54, 1.807) is 30.5 Å². The molecular weight excluding hydrogens is 266 g/mol. The lowest BCUT2D eigenvalue weighted by Gasteiger charge is -2.07. The Morgan fingerprint density at radius 3 is 2.71 bits per heavy atom. The maximum absolute atomic E-state index is 12.0. The van der Waals surface area contributed by atoms with Crippen LogP contribution in [0.2, 0.25) is 0 Å². The Labute approximate surface area is 123 Å². The Morgan fingerprint density at radius 2 is 2.00 bits per heavy atom. The molecule has 2 aromatic rings. The molecule has 0 bridgehead atoms. The molecule has 5 nitrogen and oxygen atoms in total. The van der Waals surface area contributed by atoms with Crippen LogP contribution in [0.1, 0.15) is 23.0 Å². The number of nitrogens with zero attached hydrogens (tertiary/aromatic N) is 1. The van der Waals surface area contributed by atoms with Crippen LogP contribution in [-0.4, -0.2) is 23.3 Å². The molecule has 0 aliphatic heterocycles. The lowest BCUT2D eigenvalue weighted by Crippen LogP contribution is -2.26. The summed E-state index contributed by atoms with van der Waals surface area (Å²) in [5.41, 5.74) is 2.06. The fourth-order valence-electron chi connectivity index (χ4n) is 1.89. The van der Waals surface area contributed by atoms with E-state index in [2.05, 4.69) is 15.6 Å². The van der Waals surface area contributed by atoms with Crippen molar-refractivity contribution >= 4 is 17.5 Å². The molecule has 0 aliphatic carbocycles. The Hall–Kier alpha value is -2.69. The average molecular weight is 283 g/mol. The van der Waals surface area contributed by atoms with E-state index in [1.807, 2.05) is 18.2 Å². The molecule has 5 heteroatoms. The number of hydrogen-bond acceptors (Lipinski definition) is 3. The zero-order valence-corrected chi connectivity index (χ0v) is 11.8. The van der Waals surface area contributed by atoms with Gasteiger partial charge in [0.05, 0.1) is 0 Å². The molecule has 1 aromatic heterocycles. The van der Waals surface area contributed by atoms with Crippen LogP contribution in [0.3, 0.4) is 0 Å². The zero-order chi connectivity index (χ0) is 15.1. The van der Waals surface area contributed by atoms with Crippen LogP contribution in [0.25, 0.3) is 0 Å². The van der Waals surface area contributed by atoms with E-state index in [9.17, 15) is 9.59 Å². The monoisotopic (exact) mass is 283 g/mol. The Kier molecular flexibility index (Phi) is 5.04. The first-order valence-corrected chi connectivity index (χ1v) is 6.71. The fraction of sp³-hybridized carbons (Fsp3) is 0.188. The largest absolute Gasteiger partial charge is 0.352 e. The molecule has 0 saturated carbocycles. The van der Waals surface area contributed by atoms with E-state index >= 15 is 0 Å². The molecule has 1 heterocycles. The minimum Gasteiger partial charge on any atom is -0.352 e. The van der Waals surface area contributed by atoms with Crippen LogP contribution in [0.15, 0.2) is 48.7 Å². The lowest BCUT2D eigenvalue weighted by molar-refractivity contribution is -0.114. The number of carbonyl (C=O) groups is 2. The lowest BCUT2D eigenvalue weighted by atomic mass is 10.2. The molecular formula is C16H17N3O2. The molecule has 0 aliphatic rings. The number of benzene rings is 1. The third-order valence-corrected chi connectivity index (χ3v) is 2.84. The molecule has 2 N–H and O–H groups in total. The summed E-state index contributed by atoms with van der Waals surface area (Å²) in [5.74, 6) is -0.333. The van der Waals surface area contributed by atoms with Crippen LogP contribution in [0.5, 0.6) is 0 Å². The summed E-state index contributed by atoms with van der Waals surface area (Å²) in [4.78, 5) is 27.2. The van der Waals surface area contributed by atoms with Gasteiger partial charge in [-0.1, -0.05) is 12.1 Å². The molecule has 0 atom stereocenters. The van der Waals surface area contributed by atoms with Crippen molar-refractivity contribution < 1.29 is 9.59 Å². The van der Waals surface area contributed by atoms with Crippen molar-refractivity contribution in [2.24, 2.45) is 0 Å². The van der Waals surface area contributed by atoms with E-state index in [4.69, 9.17) is 0 Å². The van der Waals surface area contributed by atoms with Gasteiger partial charge in [-0.25, -0.2) is 0 Å². The van der Waals surface area contributed by atoms with E-state index in [-0.39, 0.29) is 11.8 Å². The van der Waals surface area contributed by atoms with Crippen LogP contribution in [-0.2, 0) is 11.2 Å². The summed E-state index contributed by atoms with van der Waals surface area (Å²) in [6, 6.07) is 12.5. The van der Waals surface area contributed by atoms with Crippen molar-refractivity contribution in [2.45, 2.75) is 13.3 Å². The number of amides is 2. The highest BCUT2D eigenvalue weighted by atomic mass is 16.2. The minimum atomic E-state index is -0.168. The molecule has 21 heavy (non-hydrogen) atoms. The normalized spacial score (nSPS) is 9.95. The summed E-state index contributed by atoms with van der Waals surface area (Å²) in [6.07, 6.45) is 2.41. The first kappa shape index (κ1) is 14.7. The highest BCUT2D eigenvalue weighted by Gasteiger charge is 2.06. The van der Waals surface area contributed by atoms with Crippen molar-refractivity contribution in [3.05, 3.63) is 59.9 Å². The number of anilines is 1. The molecule has 2 amide bonds. The molecule has 0 radical (unpaired) electrons. The van der Waals surface area contributed by atoms with Gasteiger partial charge in [0, 0.05) is 43.0 Å². The topological polar surface area (TPSA) is 71.1 Å². The Balaban J connectivity index is 1.89. The highest BCUT2D eigenvalue weighted by molar-refractivity contribution is 5.96. The van der Waals surface area contributed by atoms with Crippen molar-refractivity contribution in [3.63, 3.8) is 0 Å². The molecule has 0 unspecified atom stereocenters. The predicted octanol–water partition coefficient (Wildman–Crippen LogP) is 2.01. The van der Waals surface area contributed by atoms with E-state index < -0.39 is 0 Å². The van der Waals surface area contributed by atoms with Crippen LogP contribution >= 0.6 is 0 Å². The number of carbonyl (C=O) groups excluding carboxylic acids is 2. The summed E-state index contributed by atoms with van der Waals surface area (Å²) >= 11 is 0. The van der Waals surface area contributed by atoms with Crippen LogP contribution in [0.4, 0.5) is 5.69 Å². The highest BCUT2D eigenvalue weighted by Crippen LogP contribution is 2.10. The molecule has 108 valence electrons. The van der Waals surface area contributed by atoms with Gasteiger partial charge in [-0.3, -0.25) is 14.6 Å². The minimum absolute atomic E-state index is 0.164. The first-order valence-electron chi connectivity index (χ1n) is 6.71. The maximum Gasteiger partial charge on any atom is 0.251 e. The van der Waals surface area contributed by atoms with E-state index in [0.717, 1.165) is 5.69 Å². The van der Waals surface area contributed by atoms with Crippen molar-refractivity contribution in [1.29, 1.82) is 0 Å². The smallest absolute Gasteiger partial charge is 0.251 e. The van der Waals surface area contributed by atoms with Crippen molar-refractivity contribution in [3.8, 4) is 0 Å². The van der Waals surface area contributed by atoms with Crippen LogP contribution in [0, 0.1) is 0 Å². The second-order valence-electron chi connectivity index (χ2n) is 4.59. The standard InChI is InChI=1S/C16H17N3O2/c1-12(20)19-15-7-4-5-13(11-15)16(21)18-10-8-14-6-2-3-9-17-14/h2-7,9,11H,8,10H2,1H3,(H,18,21)(H,19,20). The zero-order valence-electron chi connectivity index (χ0n) is 11.8. The number of aromatic nitrogens is 1. The van der Waals surface area contributed by atoms with Gasteiger partial charge in [-0.05, 0) is 30.3 Å². The second-order valence-corrected chi connectivity index (χ2v) is 4.59. The first-order chi connectivity index (χ1) is 10.1. The van der Waals surface area contributed by atoms with Gasteiger partial charge in [0.25, 0.3) is 5.91 Å². The van der Waals surface area contributed by atoms with Gasteiger partial charge in [0.15, 0.2) is 0 Å². The average Bonchev–Trinajstić information content (AvgIpc) is 2.48.